The predicted molar refractivity (Wildman–Crippen MR) is 92.9 cm³/mol. The minimum absolute atomic E-state index is 0.0604. The Morgan fingerprint density at radius 1 is 1.08 bits per heavy atom. The predicted octanol–water partition coefficient (Wildman–Crippen LogP) is 2.65. The lowest BCUT2D eigenvalue weighted by Gasteiger charge is -2.39. The van der Waals surface area contributed by atoms with Crippen molar-refractivity contribution < 1.29 is 29.0 Å². The molecule has 0 radical (unpaired) electrons. The fourth-order valence-corrected chi connectivity index (χ4v) is 2.11. The number of rotatable bonds is 10. The van der Waals surface area contributed by atoms with Gasteiger partial charge in [-0.1, -0.05) is 32.9 Å². The number of ether oxygens (including phenoxy) is 2. The highest BCUT2D eigenvalue weighted by molar-refractivity contribution is 5.88. The third-order valence-electron chi connectivity index (χ3n) is 3.35. The van der Waals surface area contributed by atoms with Crippen molar-refractivity contribution in [1.82, 2.24) is 4.90 Å². The largest absolute Gasteiger partial charge is 0.438 e. The van der Waals surface area contributed by atoms with E-state index in [0.29, 0.717) is 6.42 Å². The number of carbonyl (C=O) groups is 3. The average Bonchev–Trinajstić information content (AvgIpc) is 2.45. The van der Waals surface area contributed by atoms with Gasteiger partial charge in [-0.15, -0.1) is 0 Å². The van der Waals surface area contributed by atoms with Gasteiger partial charge >= 0.3 is 11.9 Å². The standard InChI is InChI=1S/C18H29NO6/c1-8-9-10-11-15(24-16(21)12(2)3)19(14(6)20)18(7,23)25-17(22)13(4)5/h15,23H,2,4,8-11H2,1,3,5-7H3. The van der Waals surface area contributed by atoms with E-state index in [1.807, 2.05) is 6.92 Å². The molecule has 0 aliphatic carbocycles. The number of hydrogen-bond donors (Lipinski definition) is 1. The molecule has 0 fully saturated rings. The summed E-state index contributed by atoms with van der Waals surface area (Å²) >= 11 is 0. The fourth-order valence-electron chi connectivity index (χ4n) is 2.11. The van der Waals surface area contributed by atoms with Crippen molar-refractivity contribution in [3.05, 3.63) is 24.3 Å². The van der Waals surface area contributed by atoms with Crippen molar-refractivity contribution in [2.24, 2.45) is 0 Å². The van der Waals surface area contributed by atoms with Crippen LogP contribution in [-0.2, 0) is 23.9 Å². The lowest BCUT2D eigenvalue weighted by Crippen LogP contribution is -2.57. The zero-order valence-electron chi connectivity index (χ0n) is 15.8. The molecule has 0 heterocycles. The molecule has 0 saturated heterocycles. The highest BCUT2D eigenvalue weighted by Crippen LogP contribution is 2.24. The Labute approximate surface area is 149 Å². The number of amides is 1. The Kier molecular flexibility index (Phi) is 9.12. The first-order chi connectivity index (χ1) is 11.4. The Hall–Kier alpha value is -2.15. The van der Waals surface area contributed by atoms with Gasteiger partial charge in [-0.05, 0) is 20.3 Å². The second kappa shape index (κ2) is 9.98. The van der Waals surface area contributed by atoms with Crippen molar-refractivity contribution in [3.63, 3.8) is 0 Å². The monoisotopic (exact) mass is 355 g/mol. The maximum atomic E-state index is 12.1. The first-order valence-corrected chi connectivity index (χ1v) is 8.21. The summed E-state index contributed by atoms with van der Waals surface area (Å²) in [6.07, 6.45) is 1.61. The molecule has 142 valence electrons. The third-order valence-corrected chi connectivity index (χ3v) is 3.35. The van der Waals surface area contributed by atoms with Crippen LogP contribution in [0.15, 0.2) is 24.3 Å². The van der Waals surface area contributed by atoms with Gasteiger partial charge in [-0.3, -0.25) is 4.79 Å². The summed E-state index contributed by atoms with van der Waals surface area (Å²) < 4.78 is 10.3. The maximum Gasteiger partial charge on any atom is 0.336 e. The third kappa shape index (κ3) is 7.51. The van der Waals surface area contributed by atoms with Gasteiger partial charge in [0.25, 0.3) is 5.91 Å². The molecular formula is C18H29NO6. The molecule has 25 heavy (non-hydrogen) atoms. The van der Waals surface area contributed by atoms with Crippen LogP contribution in [0.4, 0.5) is 0 Å². The first-order valence-electron chi connectivity index (χ1n) is 8.21. The van der Waals surface area contributed by atoms with E-state index in [1.54, 1.807) is 0 Å². The fraction of sp³-hybridized carbons (Fsp3) is 0.611. The second-order valence-electron chi connectivity index (χ2n) is 6.13. The van der Waals surface area contributed by atoms with E-state index < -0.39 is 30.0 Å². The molecule has 7 heteroatoms. The number of unbranched alkanes of at least 4 members (excludes halogenated alkanes) is 2. The molecule has 0 saturated carbocycles. The minimum Gasteiger partial charge on any atom is -0.438 e. The Bertz CT molecular complexity index is 538. The molecule has 0 aromatic carbocycles. The van der Waals surface area contributed by atoms with Crippen LogP contribution in [0.25, 0.3) is 0 Å². The van der Waals surface area contributed by atoms with Crippen LogP contribution in [0.2, 0.25) is 0 Å². The van der Waals surface area contributed by atoms with E-state index in [1.165, 1.54) is 20.8 Å². The van der Waals surface area contributed by atoms with E-state index in [0.717, 1.165) is 24.7 Å². The highest BCUT2D eigenvalue weighted by atomic mass is 16.7. The average molecular weight is 355 g/mol. The summed E-state index contributed by atoms with van der Waals surface area (Å²) in [6.45, 7) is 14.2. The van der Waals surface area contributed by atoms with Gasteiger partial charge in [0.2, 0.25) is 5.91 Å². The summed E-state index contributed by atoms with van der Waals surface area (Å²) in [6, 6.07) is 0. The van der Waals surface area contributed by atoms with E-state index in [2.05, 4.69) is 13.2 Å². The first kappa shape index (κ1) is 22.9. The zero-order chi connectivity index (χ0) is 19.8. The molecule has 0 aromatic heterocycles. The number of esters is 2. The van der Waals surface area contributed by atoms with Gasteiger partial charge in [0.05, 0.1) is 0 Å². The molecule has 7 nitrogen and oxygen atoms in total. The van der Waals surface area contributed by atoms with Crippen LogP contribution < -0.4 is 0 Å². The molecular weight excluding hydrogens is 326 g/mol. The summed E-state index contributed by atoms with van der Waals surface area (Å²) in [4.78, 5) is 36.6. The smallest absolute Gasteiger partial charge is 0.336 e. The molecule has 0 rings (SSSR count). The molecule has 1 N–H and O–H groups in total. The normalized spacial score (nSPS) is 14.0. The van der Waals surface area contributed by atoms with Crippen LogP contribution in [0.1, 0.15) is 60.3 Å². The minimum atomic E-state index is -2.30. The molecule has 0 spiro atoms. The van der Waals surface area contributed by atoms with Crippen LogP contribution in [0.5, 0.6) is 0 Å². The van der Waals surface area contributed by atoms with Crippen molar-refractivity contribution in [2.75, 3.05) is 0 Å². The topological polar surface area (TPSA) is 93.1 Å². The van der Waals surface area contributed by atoms with Crippen molar-refractivity contribution in [2.45, 2.75) is 72.4 Å². The Morgan fingerprint density at radius 3 is 2.00 bits per heavy atom. The quantitative estimate of drug-likeness (QED) is 0.280. The number of carbonyl (C=O) groups excluding carboxylic acids is 3. The maximum absolute atomic E-state index is 12.1. The summed E-state index contributed by atoms with van der Waals surface area (Å²) in [5.74, 6) is -4.48. The van der Waals surface area contributed by atoms with Gasteiger partial charge < -0.3 is 14.6 Å². The van der Waals surface area contributed by atoms with Crippen LogP contribution in [0, 0.1) is 0 Å². The summed E-state index contributed by atoms with van der Waals surface area (Å²) in [7, 11) is 0. The Morgan fingerprint density at radius 2 is 1.60 bits per heavy atom. The Balaban J connectivity index is 5.59. The number of hydrogen-bond acceptors (Lipinski definition) is 6. The molecule has 0 aliphatic heterocycles. The summed E-state index contributed by atoms with van der Waals surface area (Å²) in [5.41, 5.74) is 0.216. The molecule has 1 amide bonds. The molecule has 2 unspecified atom stereocenters. The van der Waals surface area contributed by atoms with E-state index in [9.17, 15) is 19.5 Å². The SMILES string of the molecule is C=C(C)C(=O)OC(CCCCC)N(C(C)=O)C(C)(O)OC(=O)C(=C)C. The van der Waals surface area contributed by atoms with E-state index in [4.69, 9.17) is 9.47 Å². The van der Waals surface area contributed by atoms with Gasteiger partial charge in [-0.2, -0.15) is 0 Å². The molecule has 0 aliphatic rings. The number of nitrogens with zero attached hydrogens (tertiary/aromatic N) is 1. The van der Waals surface area contributed by atoms with Crippen LogP contribution in [-0.4, -0.2) is 40.0 Å². The lowest BCUT2D eigenvalue weighted by molar-refractivity contribution is -0.286. The second-order valence-corrected chi connectivity index (χ2v) is 6.13. The molecule has 2 atom stereocenters. The zero-order valence-corrected chi connectivity index (χ0v) is 15.8. The van der Waals surface area contributed by atoms with Gasteiger partial charge in [0.15, 0.2) is 6.23 Å². The van der Waals surface area contributed by atoms with Gasteiger partial charge in [0.1, 0.15) is 0 Å². The van der Waals surface area contributed by atoms with E-state index >= 15 is 0 Å². The van der Waals surface area contributed by atoms with Crippen molar-refractivity contribution in [3.8, 4) is 0 Å². The van der Waals surface area contributed by atoms with Crippen molar-refractivity contribution >= 4 is 17.8 Å². The summed E-state index contributed by atoms with van der Waals surface area (Å²) in [5, 5.41) is 10.5. The number of aliphatic hydroxyl groups is 1. The highest BCUT2D eigenvalue weighted by Gasteiger charge is 2.42. The van der Waals surface area contributed by atoms with Crippen LogP contribution >= 0.6 is 0 Å². The van der Waals surface area contributed by atoms with Crippen molar-refractivity contribution in [1.29, 1.82) is 0 Å². The molecule has 0 aromatic rings. The molecule has 0 bridgehead atoms. The van der Waals surface area contributed by atoms with Crippen LogP contribution in [0.3, 0.4) is 0 Å². The van der Waals surface area contributed by atoms with Gasteiger partial charge in [0, 0.05) is 31.4 Å². The van der Waals surface area contributed by atoms with Gasteiger partial charge in [-0.25, -0.2) is 14.5 Å². The van der Waals surface area contributed by atoms with E-state index in [-0.39, 0.29) is 17.6 Å². The lowest BCUT2D eigenvalue weighted by atomic mass is 10.1.